The summed E-state index contributed by atoms with van der Waals surface area (Å²) in [5.74, 6) is 2.50. The fourth-order valence-electron chi connectivity index (χ4n) is 1.56. The van der Waals surface area contributed by atoms with Gasteiger partial charge < -0.3 is 15.2 Å². The monoisotopic (exact) mass is 267 g/mol. The van der Waals surface area contributed by atoms with Gasteiger partial charge in [0.25, 0.3) is 0 Å². The molecule has 0 spiro atoms. The number of aliphatic hydroxyl groups excluding tert-OH is 1. The fraction of sp³-hybridized carbons (Fsp3) is 0.714. The molecular formula is C14H25N3O2. The quantitative estimate of drug-likeness (QED) is 0.708. The van der Waals surface area contributed by atoms with E-state index in [0.29, 0.717) is 18.9 Å². The molecule has 0 atom stereocenters. The van der Waals surface area contributed by atoms with Gasteiger partial charge in [-0.15, -0.1) is 0 Å². The van der Waals surface area contributed by atoms with Gasteiger partial charge in [0, 0.05) is 25.5 Å². The lowest BCUT2D eigenvalue weighted by atomic mass is 10.2. The van der Waals surface area contributed by atoms with Crippen LogP contribution >= 0.6 is 0 Å². The van der Waals surface area contributed by atoms with Crippen LogP contribution in [0, 0.1) is 6.92 Å². The second-order valence-corrected chi connectivity index (χ2v) is 4.87. The molecule has 1 heterocycles. The molecule has 0 amide bonds. The van der Waals surface area contributed by atoms with E-state index >= 15 is 0 Å². The Morgan fingerprint density at radius 1 is 1.32 bits per heavy atom. The summed E-state index contributed by atoms with van der Waals surface area (Å²) in [5.41, 5.74) is 0.927. The molecular weight excluding hydrogens is 242 g/mol. The minimum Gasteiger partial charge on any atom is -0.477 e. The minimum absolute atomic E-state index is 0.127. The van der Waals surface area contributed by atoms with E-state index in [4.69, 9.17) is 9.84 Å². The van der Waals surface area contributed by atoms with Gasteiger partial charge in [-0.05, 0) is 13.3 Å². The Bertz CT molecular complexity index is 395. The summed E-state index contributed by atoms with van der Waals surface area (Å²) in [6.07, 6.45) is 1.65. The first-order valence-electron chi connectivity index (χ1n) is 6.96. The first-order valence-corrected chi connectivity index (χ1v) is 6.96. The summed E-state index contributed by atoms with van der Waals surface area (Å²) in [4.78, 5) is 9.00. The van der Waals surface area contributed by atoms with E-state index in [-0.39, 0.29) is 12.5 Å². The van der Waals surface area contributed by atoms with E-state index in [2.05, 4.69) is 36.1 Å². The van der Waals surface area contributed by atoms with Crippen molar-refractivity contribution < 1.29 is 9.84 Å². The van der Waals surface area contributed by atoms with E-state index in [1.807, 2.05) is 6.92 Å². The maximum absolute atomic E-state index is 8.80. The lowest BCUT2D eigenvalue weighted by Gasteiger charge is -2.15. The van der Waals surface area contributed by atoms with Crippen LogP contribution in [-0.4, -0.2) is 34.8 Å². The highest BCUT2D eigenvalue weighted by Gasteiger charge is 2.13. The van der Waals surface area contributed by atoms with Crippen molar-refractivity contribution in [1.82, 2.24) is 9.97 Å². The highest BCUT2D eigenvalue weighted by molar-refractivity contribution is 5.48. The summed E-state index contributed by atoms with van der Waals surface area (Å²) >= 11 is 0. The molecule has 1 aromatic rings. The standard InChI is InChI=1S/C14H25N3O2/c1-5-7-15-13-11(4)14(19-9-6-8-18)17-12(16-13)10(2)3/h10,18H,5-9H2,1-4H3,(H,15,16,17). The number of aromatic nitrogens is 2. The van der Waals surface area contributed by atoms with E-state index < -0.39 is 0 Å². The maximum Gasteiger partial charge on any atom is 0.221 e. The molecule has 0 aliphatic heterocycles. The van der Waals surface area contributed by atoms with Crippen LogP contribution in [0.5, 0.6) is 5.88 Å². The zero-order valence-electron chi connectivity index (χ0n) is 12.4. The van der Waals surface area contributed by atoms with Gasteiger partial charge in [-0.25, -0.2) is 4.98 Å². The highest BCUT2D eigenvalue weighted by Crippen LogP contribution is 2.25. The Labute approximate surface area is 115 Å². The number of nitrogens with one attached hydrogen (secondary N) is 1. The Morgan fingerprint density at radius 3 is 2.63 bits per heavy atom. The third-order valence-electron chi connectivity index (χ3n) is 2.72. The lowest BCUT2D eigenvalue weighted by Crippen LogP contribution is -2.11. The van der Waals surface area contributed by atoms with Gasteiger partial charge in [-0.1, -0.05) is 20.8 Å². The zero-order chi connectivity index (χ0) is 14.3. The van der Waals surface area contributed by atoms with Crippen molar-refractivity contribution in [1.29, 1.82) is 0 Å². The molecule has 0 radical (unpaired) electrons. The summed E-state index contributed by atoms with van der Waals surface area (Å²) in [5, 5.41) is 12.1. The Morgan fingerprint density at radius 2 is 2.05 bits per heavy atom. The SMILES string of the molecule is CCCNc1nc(C(C)C)nc(OCCCO)c1C. The summed E-state index contributed by atoms with van der Waals surface area (Å²) in [7, 11) is 0. The number of hydrogen-bond donors (Lipinski definition) is 2. The third kappa shape index (κ3) is 4.67. The molecule has 0 saturated carbocycles. The van der Waals surface area contributed by atoms with Crippen LogP contribution in [0.25, 0.3) is 0 Å². The third-order valence-corrected chi connectivity index (χ3v) is 2.72. The van der Waals surface area contributed by atoms with Crippen LogP contribution in [0.1, 0.15) is 50.9 Å². The normalized spacial score (nSPS) is 10.8. The molecule has 19 heavy (non-hydrogen) atoms. The van der Waals surface area contributed by atoms with Gasteiger partial charge in [0.05, 0.1) is 12.2 Å². The van der Waals surface area contributed by atoms with Gasteiger partial charge >= 0.3 is 0 Å². The van der Waals surface area contributed by atoms with Crippen LogP contribution in [0.3, 0.4) is 0 Å². The van der Waals surface area contributed by atoms with Gasteiger partial charge in [0.1, 0.15) is 11.6 Å². The highest BCUT2D eigenvalue weighted by atomic mass is 16.5. The number of ether oxygens (including phenoxy) is 1. The molecule has 1 rings (SSSR count). The van der Waals surface area contributed by atoms with Crippen molar-refractivity contribution in [2.45, 2.75) is 46.5 Å². The first-order chi connectivity index (χ1) is 9.10. The van der Waals surface area contributed by atoms with E-state index in [1.165, 1.54) is 0 Å². The lowest BCUT2D eigenvalue weighted by molar-refractivity contribution is 0.228. The van der Waals surface area contributed by atoms with Gasteiger partial charge in [0.15, 0.2) is 0 Å². The van der Waals surface area contributed by atoms with Crippen LogP contribution in [0.15, 0.2) is 0 Å². The average molecular weight is 267 g/mol. The molecule has 5 heteroatoms. The van der Waals surface area contributed by atoms with Gasteiger partial charge in [-0.2, -0.15) is 4.98 Å². The van der Waals surface area contributed by atoms with Crippen LogP contribution in [-0.2, 0) is 0 Å². The summed E-state index contributed by atoms with van der Waals surface area (Å²) < 4.78 is 5.64. The number of nitrogens with zero attached hydrogens (tertiary/aromatic N) is 2. The topological polar surface area (TPSA) is 67.3 Å². The second kappa shape index (κ2) is 7.94. The minimum atomic E-state index is 0.127. The smallest absolute Gasteiger partial charge is 0.221 e. The molecule has 0 aliphatic rings. The number of rotatable bonds is 8. The molecule has 0 saturated heterocycles. The molecule has 0 unspecified atom stereocenters. The first kappa shape index (κ1) is 15.7. The molecule has 5 nitrogen and oxygen atoms in total. The summed E-state index contributed by atoms with van der Waals surface area (Å²) in [6.45, 7) is 9.67. The second-order valence-electron chi connectivity index (χ2n) is 4.87. The Balaban J connectivity index is 2.95. The van der Waals surface area contributed by atoms with Crippen molar-refractivity contribution in [3.8, 4) is 5.88 Å². The predicted molar refractivity (Wildman–Crippen MR) is 76.8 cm³/mol. The number of anilines is 1. The van der Waals surface area contributed by atoms with E-state index in [9.17, 15) is 0 Å². The van der Waals surface area contributed by atoms with E-state index in [0.717, 1.165) is 30.2 Å². The van der Waals surface area contributed by atoms with Crippen molar-refractivity contribution in [3.63, 3.8) is 0 Å². The Hall–Kier alpha value is -1.36. The van der Waals surface area contributed by atoms with Crippen molar-refractivity contribution >= 4 is 5.82 Å². The van der Waals surface area contributed by atoms with Crippen molar-refractivity contribution in [2.24, 2.45) is 0 Å². The maximum atomic E-state index is 8.80. The van der Waals surface area contributed by atoms with Crippen molar-refractivity contribution in [2.75, 3.05) is 25.1 Å². The average Bonchev–Trinajstić information content (AvgIpc) is 2.39. The van der Waals surface area contributed by atoms with Crippen LogP contribution < -0.4 is 10.1 Å². The number of aliphatic hydroxyl groups is 1. The molecule has 2 N–H and O–H groups in total. The molecule has 1 aromatic heterocycles. The molecule has 0 fully saturated rings. The molecule has 0 aliphatic carbocycles. The molecule has 0 aromatic carbocycles. The van der Waals surface area contributed by atoms with Gasteiger partial charge in [-0.3, -0.25) is 0 Å². The Kier molecular flexibility index (Phi) is 6.56. The van der Waals surface area contributed by atoms with E-state index in [1.54, 1.807) is 0 Å². The number of hydrogen-bond acceptors (Lipinski definition) is 5. The predicted octanol–water partition coefficient (Wildman–Crippen LogP) is 2.49. The fourth-order valence-corrected chi connectivity index (χ4v) is 1.56. The molecule has 0 bridgehead atoms. The van der Waals surface area contributed by atoms with Gasteiger partial charge in [0.2, 0.25) is 5.88 Å². The summed E-state index contributed by atoms with van der Waals surface area (Å²) in [6, 6.07) is 0. The molecule has 108 valence electrons. The zero-order valence-corrected chi connectivity index (χ0v) is 12.4. The largest absolute Gasteiger partial charge is 0.477 e. The van der Waals surface area contributed by atoms with Crippen molar-refractivity contribution in [3.05, 3.63) is 11.4 Å². The van der Waals surface area contributed by atoms with Crippen LogP contribution in [0.4, 0.5) is 5.82 Å². The van der Waals surface area contributed by atoms with Crippen LogP contribution in [0.2, 0.25) is 0 Å².